The van der Waals surface area contributed by atoms with E-state index in [0.717, 1.165) is 12.3 Å². The van der Waals surface area contributed by atoms with E-state index in [1.54, 1.807) is 0 Å². The number of alkyl halides is 3. The van der Waals surface area contributed by atoms with Gasteiger partial charge in [-0.05, 0) is 24.3 Å². The monoisotopic (exact) mass is 331 g/mol. The van der Waals surface area contributed by atoms with Crippen molar-refractivity contribution in [1.82, 2.24) is 9.97 Å². The Morgan fingerprint density at radius 1 is 1.18 bits per heavy atom. The van der Waals surface area contributed by atoms with Crippen LogP contribution in [0.25, 0.3) is 0 Å². The van der Waals surface area contributed by atoms with Gasteiger partial charge in [0.2, 0.25) is 0 Å². The summed E-state index contributed by atoms with van der Waals surface area (Å²) in [5.74, 6) is 0. The molecule has 2 rings (SSSR count). The van der Waals surface area contributed by atoms with Gasteiger partial charge in [-0.25, -0.2) is 13.4 Å². The normalized spacial score (nSPS) is 12.2. The Hall–Kier alpha value is -2.16. The molecule has 0 spiro atoms. The van der Waals surface area contributed by atoms with E-state index in [0.29, 0.717) is 5.69 Å². The van der Waals surface area contributed by atoms with Crippen LogP contribution in [0.4, 0.5) is 18.9 Å². The lowest BCUT2D eigenvalue weighted by Crippen LogP contribution is -2.13. The second kappa shape index (κ2) is 5.91. The highest BCUT2D eigenvalue weighted by Gasteiger charge is 2.33. The Kier molecular flexibility index (Phi) is 4.36. The Bertz CT molecular complexity index is 759. The van der Waals surface area contributed by atoms with Crippen LogP contribution in [0.5, 0.6) is 0 Å². The van der Waals surface area contributed by atoms with Gasteiger partial charge in [-0.15, -0.1) is 0 Å². The molecule has 0 unspecified atom stereocenters. The van der Waals surface area contributed by atoms with E-state index in [1.165, 1.54) is 30.6 Å². The second-order valence-electron chi connectivity index (χ2n) is 4.51. The largest absolute Gasteiger partial charge is 0.418 e. The minimum atomic E-state index is -4.48. The molecule has 0 atom stereocenters. The molecule has 2 aromatic heterocycles. The molecule has 9 heteroatoms. The van der Waals surface area contributed by atoms with Crippen molar-refractivity contribution in [2.24, 2.45) is 0 Å². The first-order chi connectivity index (χ1) is 10.2. The van der Waals surface area contributed by atoms with Gasteiger partial charge >= 0.3 is 6.18 Å². The van der Waals surface area contributed by atoms with Crippen molar-refractivity contribution in [3.05, 3.63) is 47.9 Å². The van der Waals surface area contributed by atoms with Gasteiger partial charge in [-0.2, -0.15) is 13.2 Å². The predicted octanol–water partition coefficient (Wildman–Crippen LogP) is 2.51. The van der Waals surface area contributed by atoms with Crippen LogP contribution in [-0.4, -0.2) is 24.6 Å². The molecule has 0 saturated carbocycles. The maximum Gasteiger partial charge on any atom is 0.418 e. The molecule has 2 heterocycles. The molecule has 0 bridgehead atoms. The van der Waals surface area contributed by atoms with Crippen LogP contribution in [0.2, 0.25) is 0 Å². The molecule has 0 aliphatic heterocycles. The average Bonchev–Trinajstić information content (AvgIpc) is 2.44. The van der Waals surface area contributed by atoms with E-state index in [4.69, 9.17) is 0 Å². The first-order valence-electron chi connectivity index (χ1n) is 6.09. The van der Waals surface area contributed by atoms with Gasteiger partial charge in [0, 0.05) is 12.5 Å². The highest BCUT2D eigenvalue weighted by molar-refractivity contribution is 7.90. The van der Waals surface area contributed by atoms with Crippen LogP contribution >= 0.6 is 0 Å². The maximum atomic E-state index is 12.8. The quantitative estimate of drug-likeness (QED) is 0.932. The van der Waals surface area contributed by atoms with Crippen LogP contribution in [-0.2, 0) is 22.6 Å². The van der Waals surface area contributed by atoms with Crippen LogP contribution in [0.15, 0.2) is 41.7 Å². The van der Waals surface area contributed by atoms with Gasteiger partial charge in [-0.3, -0.25) is 4.98 Å². The number of pyridine rings is 2. The van der Waals surface area contributed by atoms with E-state index in [2.05, 4.69) is 15.3 Å². The van der Waals surface area contributed by atoms with Gasteiger partial charge in [0.1, 0.15) is 0 Å². The van der Waals surface area contributed by atoms with Crippen molar-refractivity contribution >= 4 is 15.5 Å². The summed E-state index contributed by atoms with van der Waals surface area (Å²) in [5.41, 5.74) is -0.573. The van der Waals surface area contributed by atoms with Gasteiger partial charge in [-0.1, -0.05) is 0 Å². The molecule has 0 aliphatic carbocycles. The molecule has 0 saturated heterocycles. The fourth-order valence-electron chi connectivity index (χ4n) is 1.73. The van der Waals surface area contributed by atoms with E-state index in [9.17, 15) is 21.6 Å². The van der Waals surface area contributed by atoms with Crippen LogP contribution < -0.4 is 5.32 Å². The SMILES string of the molecule is CS(=O)(=O)c1ccc(NCc2ncccc2C(F)(F)F)cn1. The molecular weight excluding hydrogens is 319 g/mol. The summed E-state index contributed by atoms with van der Waals surface area (Å²) < 4.78 is 61.0. The zero-order chi connectivity index (χ0) is 16.4. The predicted molar refractivity (Wildman–Crippen MR) is 73.9 cm³/mol. The molecule has 0 amide bonds. The Morgan fingerprint density at radius 2 is 1.91 bits per heavy atom. The summed E-state index contributed by atoms with van der Waals surface area (Å²) in [4.78, 5) is 7.46. The molecule has 0 aromatic carbocycles. The number of rotatable bonds is 4. The zero-order valence-corrected chi connectivity index (χ0v) is 12.2. The molecule has 0 radical (unpaired) electrons. The number of aromatic nitrogens is 2. The lowest BCUT2D eigenvalue weighted by molar-refractivity contribution is -0.138. The van der Waals surface area contributed by atoms with E-state index in [-0.39, 0.29) is 17.3 Å². The summed E-state index contributed by atoms with van der Waals surface area (Å²) >= 11 is 0. The molecule has 118 valence electrons. The third-order valence-corrected chi connectivity index (χ3v) is 3.77. The Morgan fingerprint density at radius 3 is 2.45 bits per heavy atom. The fraction of sp³-hybridized carbons (Fsp3) is 0.231. The van der Waals surface area contributed by atoms with Crippen molar-refractivity contribution in [3.8, 4) is 0 Å². The number of hydrogen-bond acceptors (Lipinski definition) is 5. The summed E-state index contributed by atoms with van der Waals surface area (Å²) in [5, 5.41) is 2.63. The van der Waals surface area contributed by atoms with E-state index < -0.39 is 21.6 Å². The first-order valence-corrected chi connectivity index (χ1v) is 7.98. The summed E-state index contributed by atoms with van der Waals surface area (Å²) in [6.45, 7) is -0.157. The smallest absolute Gasteiger partial charge is 0.378 e. The standard InChI is InChI=1S/C13H12F3N3O2S/c1-22(20,21)12-5-4-9(7-19-12)18-8-11-10(13(14,15)16)3-2-6-17-11/h2-7,18H,8H2,1H3. The summed E-state index contributed by atoms with van der Waals surface area (Å²) in [6.07, 6.45) is -0.945. The summed E-state index contributed by atoms with van der Waals surface area (Å²) in [6, 6.07) is 4.88. The van der Waals surface area contributed by atoms with Gasteiger partial charge < -0.3 is 5.32 Å². The van der Waals surface area contributed by atoms with Crippen molar-refractivity contribution in [3.63, 3.8) is 0 Å². The van der Waals surface area contributed by atoms with Gasteiger partial charge in [0.15, 0.2) is 14.9 Å². The third-order valence-electron chi connectivity index (χ3n) is 2.77. The number of nitrogens with one attached hydrogen (secondary N) is 1. The van der Waals surface area contributed by atoms with Gasteiger partial charge in [0.05, 0.1) is 29.7 Å². The minimum absolute atomic E-state index is 0.105. The Balaban J connectivity index is 2.14. The van der Waals surface area contributed by atoms with Crippen LogP contribution in [0.3, 0.4) is 0 Å². The minimum Gasteiger partial charge on any atom is -0.378 e. The molecule has 0 fully saturated rings. The number of sulfone groups is 1. The highest BCUT2D eigenvalue weighted by Crippen LogP contribution is 2.31. The average molecular weight is 331 g/mol. The highest BCUT2D eigenvalue weighted by atomic mass is 32.2. The number of anilines is 1. The molecule has 5 nitrogen and oxygen atoms in total. The lowest BCUT2D eigenvalue weighted by atomic mass is 10.2. The topological polar surface area (TPSA) is 72.0 Å². The summed E-state index contributed by atoms with van der Waals surface area (Å²) in [7, 11) is -3.41. The number of hydrogen-bond donors (Lipinski definition) is 1. The zero-order valence-electron chi connectivity index (χ0n) is 11.4. The lowest BCUT2D eigenvalue weighted by Gasteiger charge is -2.12. The molecule has 1 N–H and O–H groups in total. The van der Waals surface area contributed by atoms with Gasteiger partial charge in [0.25, 0.3) is 0 Å². The van der Waals surface area contributed by atoms with E-state index >= 15 is 0 Å². The van der Waals surface area contributed by atoms with E-state index in [1.807, 2.05) is 0 Å². The second-order valence-corrected chi connectivity index (χ2v) is 6.47. The van der Waals surface area contributed by atoms with Crippen molar-refractivity contribution in [2.45, 2.75) is 17.7 Å². The van der Waals surface area contributed by atoms with Crippen molar-refractivity contribution in [1.29, 1.82) is 0 Å². The van der Waals surface area contributed by atoms with Crippen molar-refractivity contribution in [2.75, 3.05) is 11.6 Å². The third kappa shape index (κ3) is 3.94. The molecular formula is C13H12F3N3O2S. The fourth-order valence-corrected chi connectivity index (χ4v) is 2.29. The van der Waals surface area contributed by atoms with Crippen molar-refractivity contribution < 1.29 is 21.6 Å². The Labute approximate surface area is 125 Å². The molecule has 2 aromatic rings. The molecule has 22 heavy (non-hydrogen) atoms. The number of halogens is 3. The van der Waals surface area contributed by atoms with Crippen LogP contribution in [0, 0.1) is 0 Å². The van der Waals surface area contributed by atoms with Crippen LogP contribution in [0.1, 0.15) is 11.3 Å². The molecule has 0 aliphatic rings. The first kappa shape index (κ1) is 16.2. The number of nitrogens with zero attached hydrogens (tertiary/aromatic N) is 2. The maximum absolute atomic E-state index is 12.8.